The summed E-state index contributed by atoms with van der Waals surface area (Å²) in [7, 11) is 0. The van der Waals surface area contributed by atoms with Gasteiger partial charge in [-0.2, -0.15) is 0 Å². The highest BCUT2D eigenvalue weighted by Crippen LogP contribution is 2.35. The minimum atomic E-state index is -0.494. The minimum absolute atomic E-state index is 0.0236. The Morgan fingerprint density at radius 2 is 1.92 bits per heavy atom. The largest absolute Gasteiger partial charge is 0.481 e. The molecule has 0 bridgehead atoms. The van der Waals surface area contributed by atoms with Crippen molar-refractivity contribution in [2.75, 3.05) is 5.32 Å². The Morgan fingerprint density at radius 1 is 1.19 bits per heavy atom. The van der Waals surface area contributed by atoms with Gasteiger partial charge in [0.2, 0.25) is 0 Å². The average Bonchev–Trinajstić information content (AvgIpc) is 3.46. The average molecular weight is 371 g/mol. The minimum Gasteiger partial charge on any atom is -0.481 e. The van der Waals surface area contributed by atoms with E-state index in [4.69, 9.17) is 16.3 Å². The molecule has 134 valence electrons. The van der Waals surface area contributed by atoms with E-state index in [2.05, 4.69) is 5.32 Å². The Balaban J connectivity index is 1.56. The molecular weight excluding hydrogens is 352 g/mol. The highest BCUT2D eigenvalue weighted by Gasteiger charge is 2.37. The summed E-state index contributed by atoms with van der Waals surface area (Å²) in [5.41, 5.74) is 2.11. The molecule has 6 heteroatoms. The van der Waals surface area contributed by atoms with Gasteiger partial charge in [-0.1, -0.05) is 11.6 Å². The molecule has 1 N–H and O–H groups in total. The lowest BCUT2D eigenvalue weighted by Gasteiger charge is -2.21. The standard InChI is InChI=1S/C20H19ClN2O3/c1-12-20(25)23(17-7-8-17)11-14-10-16(6-9-18(14)26-12)22-19(24)13-2-4-15(21)5-3-13/h2-6,9-10,12,17H,7-8,11H2,1H3,(H,22,24)/t12-/m0/s1. The van der Waals surface area contributed by atoms with Crippen LogP contribution < -0.4 is 10.1 Å². The van der Waals surface area contributed by atoms with Gasteiger partial charge in [-0.05, 0) is 62.2 Å². The van der Waals surface area contributed by atoms with Gasteiger partial charge in [0.1, 0.15) is 5.75 Å². The fourth-order valence-electron chi connectivity index (χ4n) is 3.13. The van der Waals surface area contributed by atoms with Crippen LogP contribution in [0.15, 0.2) is 42.5 Å². The molecule has 0 saturated heterocycles. The van der Waals surface area contributed by atoms with Crippen LogP contribution in [0.4, 0.5) is 5.69 Å². The topological polar surface area (TPSA) is 58.6 Å². The SMILES string of the molecule is C[C@@H]1Oc2ccc(NC(=O)c3ccc(Cl)cc3)cc2CN(C2CC2)C1=O. The zero-order valence-electron chi connectivity index (χ0n) is 14.4. The molecule has 0 radical (unpaired) electrons. The third-order valence-corrected chi connectivity index (χ3v) is 4.94. The maximum absolute atomic E-state index is 12.5. The summed E-state index contributed by atoms with van der Waals surface area (Å²) in [5, 5.41) is 3.48. The summed E-state index contributed by atoms with van der Waals surface area (Å²) in [6, 6.07) is 12.5. The molecule has 1 atom stereocenters. The number of carbonyl (C=O) groups is 2. The molecule has 2 amide bonds. The first-order chi connectivity index (χ1) is 12.5. The van der Waals surface area contributed by atoms with E-state index in [9.17, 15) is 9.59 Å². The van der Waals surface area contributed by atoms with Gasteiger partial charge in [0, 0.05) is 34.4 Å². The lowest BCUT2D eigenvalue weighted by molar-refractivity contribution is -0.138. The number of amides is 2. The molecule has 26 heavy (non-hydrogen) atoms. The predicted octanol–water partition coefficient (Wildman–Crippen LogP) is 3.86. The lowest BCUT2D eigenvalue weighted by Crippen LogP contribution is -2.39. The van der Waals surface area contributed by atoms with Gasteiger partial charge in [0.25, 0.3) is 11.8 Å². The fourth-order valence-corrected chi connectivity index (χ4v) is 3.26. The van der Waals surface area contributed by atoms with Crippen LogP contribution in [-0.2, 0) is 11.3 Å². The van der Waals surface area contributed by atoms with E-state index in [1.165, 1.54) is 0 Å². The normalized spacial score (nSPS) is 19.4. The van der Waals surface area contributed by atoms with Gasteiger partial charge >= 0.3 is 0 Å². The van der Waals surface area contributed by atoms with Crippen molar-refractivity contribution in [3.63, 3.8) is 0 Å². The molecule has 1 heterocycles. The number of anilines is 1. The first kappa shape index (κ1) is 16.9. The quantitative estimate of drug-likeness (QED) is 0.892. The number of rotatable bonds is 3. The first-order valence-electron chi connectivity index (χ1n) is 8.68. The van der Waals surface area contributed by atoms with Crippen LogP contribution in [-0.4, -0.2) is 28.9 Å². The molecular formula is C20H19ClN2O3. The number of fused-ring (bicyclic) bond motifs is 1. The number of hydrogen-bond acceptors (Lipinski definition) is 3. The second kappa shape index (κ2) is 6.65. The number of nitrogens with zero attached hydrogens (tertiary/aromatic N) is 1. The van der Waals surface area contributed by atoms with Crippen molar-refractivity contribution in [2.24, 2.45) is 0 Å². The number of halogens is 1. The number of hydrogen-bond donors (Lipinski definition) is 1. The van der Waals surface area contributed by atoms with Crippen molar-refractivity contribution < 1.29 is 14.3 Å². The summed E-state index contributed by atoms with van der Waals surface area (Å²) in [6.45, 7) is 2.29. The maximum atomic E-state index is 12.5. The molecule has 1 aliphatic heterocycles. The Hall–Kier alpha value is -2.53. The van der Waals surface area contributed by atoms with E-state index in [1.54, 1.807) is 37.3 Å². The van der Waals surface area contributed by atoms with Crippen molar-refractivity contribution in [1.29, 1.82) is 0 Å². The van der Waals surface area contributed by atoms with Crippen molar-refractivity contribution in [3.8, 4) is 5.75 Å². The van der Waals surface area contributed by atoms with Gasteiger partial charge in [-0.3, -0.25) is 9.59 Å². The Bertz CT molecular complexity index is 862. The highest BCUT2D eigenvalue weighted by atomic mass is 35.5. The Labute approximate surface area is 156 Å². The van der Waals surface area contributed by atoms with E-state index in [1.807, 2.05) is 17.0 Å². The van der Waals surface area contributed by atoms with Gasteiger partial charge in [-0.25, -0.2) is 0 Å². The Kier molecular flexibility index (Phi) is 4.32. The molecule has 0 spiro atoms. The van der Waals surface area contributed by atoms with E-state index in [0.29, 0.717) is 34.6 Å². The van der Waals surface area contributed by atoms with E-state index in [0.717, 1.165) is 18.4 Å². The van der Waals surface area contributed by atoms with Crippen molar-refractivity contribution in [2.45, 2.75) is 38.5 Å². The molecule has 1 aliphatic carbocycles. The molecule has 0 unspecified atom stereocenters. The summed E-state index contributed by atoms with van der Waals surface area (Å²) >= 11 is 5.86. The molecule has 2 aromatic rings. The van der Waals surface area contributed by atoms with Crippen LogP contribution in [0.5, 0.6) is 5.75 Å². The monoisotopic (exact) mass is 370 g/mol. The van der Waals surface area contributed by atoms with Gasteiger partial charge in [-0.15, -0.1) is 0 Å². The molecule has 5 nitrogen and oxygen atoms in total. The Morgan fingerprint density at radius 3 is 2.62 bits per heavy atom. The summed E-state index contributed by atoms with van der Waals surface area (Å²) in [4.78, 5) is 26.8. The maximum Gasteiger partial charge on any atom is 0.263 e. The summed E-state index contributed by atoms with van der Waals surface area (Å²) in [6.07, 6.45) is 1.59. The molecule has 2 aromatic carbocycles. The smallest absolute Gasteiger partial charge is 0.263 e. The second-order valence-corrected chi connectivity index (χ2v) is 7.18. The van der Waals surface area contributed by atoms with E-state index < -0.39 is 6.10 Å². The van der Waals surface area contributed by atoms with Crippen LogP contribution in [0.3, 0.4) is 0 Å². The van der Waals surface area contributed by atoms with Crippen LogP contribution in [0, 0.1) is 0 Å². The number of nitrogens with one attached hydrogen (secondary N) is 1. The van der Waals surface area contributed by atoms with Crippen molar-refractivity contribution in [1.82, 2.24) is 4.90 Å². The number of ether oxygens (including phenoxy) is 1. The number of benzene rings is 2. The molecule has 4 rings (SSSR count). The molecule has 1 fully saturated rings. The van der Waals surface area contributed by atoms with Crippen LogP contribution in [0.1, 0.15) is 35.7 Å². The van der Waals surface area contributed by atoms with Gasteiger partial charge in [0.05, 0.1) is 0 Å². The lowest BCUT2D eigenvalue weighted by atomic mass is 10.1. The van der Waals surface area contributed by atoms with Crippen LogP contribution in [0.2, 0.25) is 5.02 Å². The highest BCUT2D eigenvalue weighted by molar-refractivity contribution is 6.30. The third kappa shape index (κ3) is 3.40. The number of carbonyl (C=O) groups excluding carboxylic acids is 2. The van der Waals surface area contributed by atoms with Gasteiger partial charge in [0.15, 0.2) is 6.10 Å². The summed E-state index contributed by atoms with van der Waals surface area (Å²) < 4.78 is 5.82. The molecule has 2 aliphatic rings. The fraction of sp³-hybridized carbons (Fsp3) is 0.300. The van der Waals surface area contributed by atoms with E-state index >= 15 is 0 Å². The second-order valence-electron chi connectivity index (χ2n) is 6.74. The van der Waals surface area contributed by atoms with E-state index in [-0.39, 0.29) is 11.8 Å². The third-order valence-electron chi connectivity index (χ3n) is 4.69. The zero-order valence-corrected chi connectivity index (χ0v) is 15.1. The predicted molar refractivity (Wildman–Crippen MR) is 99.5 cm³/mol. The molecule has 0 aromatic heterocycles. The van der Waals surface area contributed by atoms with Gasteiger partial charge < -0.3 is 15.0 Å². The van der Waals surface area contributed by atoms with Crippen molar-refractivity contribution in [3.05, 3.63) is 58.6 Å². The zero-order chi connectivity index (χ0) is 18.3. The van der Waals surface area contributed by atoms with Crippen LogP contribution >= 0.6 is 11.6 Å². The first-order valence-corrected chi connectivity index (χ1v) is 9.06. The summed E-state index contributed by atoms with van der Waals surface area (Å²) in [5.74, 6) is 0.508. The molecule has 1 saturated carbocycles. The van der Waals surface area contributed by atoms with Crippen molar-refractivity contribution >= 4 is 29.1 Å². The van der Waals surface area contributed by atoms with Crippen LogP contribution in [0.25, 0.3) is 0 Å².